The number of carbonyl (C=O) groups is 1. The summed E-state index contributed by atoms with van der Waals surface area (Å²) in [5.74, 6) is 0.365. The summed E-state index contributed by atoms with van der Waals surface area (Å²) in [4.78, 5) is 11.9. The summed E-state index contributed by atoms with van der Waals surface area (Å²) in [5.41, 5.74) is 0.809. The lowest BCUT2D eigenvalue weighted by Gasteiger charge is -2.13. The monoisotopic (exact) mass is 249 g/mol. The maximum absolute atomic E-state index is 11.9. The second-order valence-corrected chi connectivity index (χ2v) is 3.69. The molecule has 0 aliphatic carbocycles. The van der Waals surface area contributed by atoms with Gasteiger partial charge in [-0.05, 0) is 6.42 Å². The van der Waals surface area contributed by atoms with Crippen LogP contribution < -0.4 is 5.32 Å². The number of benzene rings is 1. The molecule has 0 fully saturated rings. The molecule has 0 atom stereocenters. The fraction of sp³-hybridized carbons (Fsp3) is 0.357. The summed E-state index contributed by atoms with van der Waals surface area (Å²) >= 11 is 0. The van der Waals surface area contributed by atoms with Gasteiger partial charge in [0.1, 0.15) is 0 Å². The van der Waals surface area contributed by atoms with Gasteiger partial charge in [0.2, 0.25) is 5.76 Å². The molecule has 0 aromatic heterocycles. The Balaban J connectivity index is 3.05. The van der Waals surface area contributed by atoms with Gasteiger partial charge in [0.25, 0.3) is 5.91 Å². The van der Waals surface area contributed by atoms with E-state index < -0.39 is 0 Å². The molecule has 0 heterocycles. The quantitative estimate of drug-likeness (QED) is 0.621. The molecule has 0 unspecified atom stereocenters. The predicted octanol–water partition coefficient (Wildman–Crippen LogP) is 2.17. The topological polar surface area (TPSA) is 47.6 Å². The van der Waals surface area contributed by atoms with Crippen LogP contribution >= 0.6 is 0 Å². The van der Waals surface area contributed by atoms with Crippen LogP contribution in [0, 0.1) is 0 Å². The zero-order chi connectivity index (χ0) is 13.4. The Bertz CT molecular complexity index is 412. The van der Waals surface area contributed by atoms with Crippen molar-refractivity contribution in [3.8, 4) is 0 Å². The van der Waals surface area contributed by atoms with Crippen LogP contribution in [0.15, 0.2) is 36.1 Å². The van der Waals surface area contributed by atoms with E-state index in [-0.39, 0.29) is 11.7 Å². The van der Waals surface area contributed by atoms with Crippen LogP contribution in [0.5, 0.6) is 0 Å². The average Bonchev–Trinajstić information content (AvgIpc) is 2.42. The van der Waals surface area contributed by atoms with Gasteiger partial charge in [-0.3, -0.25) is 4.79 Å². The molecule has 0 spiro atoms. The van der Waals surface area contributed by atoms with Crippen LogP contribution in [0.25, 0.3) is 5.76 Å². The molecular weight excluding hydrogens is 230 g/mol. The smallest absolute Gasteiger partial charge is 0.290 e. The molecule has 1 aromatic rings. The molecule has 4 heteroatoms. The molecule has 0 aliphatic heterocycles. The minimum absolute atomic E-state index is 0.192. The van der Waals surface area contributed by atoms with E-state index in [0.29, 0.717) is 12.3 Å². The number of nitrogens with one attached hydrogen (secondary N) is 1. The molecule has 1 amide bonds. The van der Waals surface area contributed by atoms with E-state index in [9.17, 15) is 4.79 Å². The lowest BCUT2D eigenvalue weighted by atomic mass is 10.1. The Morgan fingerprint density at radius 2 is 1.83 bits per heavy atom. The van der Waals surface area contributed by atoms with Crippen molar-refractivity contribution in [3.63, 3.8) is 0 Å². The number of methoxy groups -OCH3 is 2. The number of amides is 1. The normalized spacial score (nSPS) is 11.5. The summed E-state index contributed by atoms with van der Waals surface area (Å²) in [5, 5.41) is 2.77. The summed E-state index contributed by atoms with van der Waals surface area (Å²) < 4.78 is 10.4. The van der Waals surface area contributed by atoms with Crippen LogP contribution in [0.1, 0.15) is 18.9 Å². The minimum Gasteiger partial charge on any atom is -0.492 e. The minimum atomic E-state index is -0.264. The highest BCUT2D eigenvalue weighted by atomic mass is 16.5. The van der Waals surface area contributed by atoms with Crippen molar-refractivity contribution in [2.24, 2.45) is 0 Å². The van der Waals surface area contributed by atoms with Gasteiger partial charge in [0.05, 0.1) is 14.2 Å². The molecule has 0 aliphatic rings. The first-order chi connectivity index (χ1) is 8.74. The molecule has 0 bridgehead atoms. The van der Waals surface area contributed by atoms with E-state index in [1.165, 1.54) is 14.2 Å². The lowest BCUT2D eigenvalue weighted by Crippen LogP contribution is -2.27. The van der Waals surface area contributed by atoms with Crippen LogP contribution in [-0.2, 0) is 14.3 Å². The third-order valence-corrected chi connectivity index (χ3v) is 2.39. The highest BCUT2D eigenvalue weighted by Crippen LogP contribution is 2.19. The highest BCUT2D eigenvalue weighted by molar-refractivity contribution is 5.97. The maximum atomic E-state index is 11.9. The highest BCUT2D eigenvalue weighted by Gasteiger charge is 2.18. The van der Waals surface area contributed by atoms with E-state index in [1.807, 2.05) is 37.3 Å². The first-order valence-corrected chi connectivity index (χ1v) is 5.90. The Kier molecular flexibility index (Phi) is 5.77. The van der Waals surface area contributed by atoms with Gasteiger partial charge < -0.3 is 14.8 Å². The number of hydrogen-bond acceptors (Lipinski definition) is 3. The fourth-order valence-corrected chi connectivity index (χ4v) is 1.54. The van der Waals surface area contributed by atoms with E-state index in [0.717, 1.165) is 12.0 Å². The van der Waals surface area contributed by atoms with E-state index in [1.54, 1.807) is 0 Å². The second-order valence-electron chi connectivity index (χ2n) is 3.69. The molecule has 0 saturated carbocycles. The summed E-state index contributed by atoms with van der Waals surface area (Å²) in [6.45, 7) is 2.60. The van der Waals surface area contributed by atoms with Gasteiger partial charge in [-0.2, -0.15) is 0 Å². The van der Waals surface area contributed by atoms with Crippen molar-refractivity contribution in [3.05, 3.63) is 41.7 Å². The van der Waals surface area contributed by atoms with E-state index >= 15 is 0 Å². The number of ether oxygens (including phenoxy) is 2. The molecule has 1 N–H and O–H groups in total. The fourth-order valence-electron chi connectivity index (χ4n) is 1.54. The predicted molar refractivity (Wildman–Crippen MR) is 70.7 cm³/mol. The van der Waals surface area contributed by atoms with Crippen molar-refractivity contribution in [2.75, 3.05) is 20.8 Å². The molecule has 98 valence electrons. The van der Waals surface area contributed by atoms with Crippen LogP contribution in [0.3, 0.4) is 0 Å². The SMILES string of the molecule is CCCNC(=O)C(OC)=C(OC)c1ccccc1. The third kappa shape index (κ3) is 3.52. The maximum Gasteiger partial charge on any atom is 0.290 e. The third-order valence-electron chi connectivity index (χ3n) is 2.39. The molecule has 0 radical (unpaired) electrons. The van der Waals surface area contributed by atoms with Gasteiger partial charge in [-0.25, -0.2) is 0 Å². The van der Waals surface area contributed by atoms with Crippen molar-refractivity contribution in [1.82, 2.24) is 5.32 Å². The van der Waals surface area contributed by atoms with E-state index in [4.69, 9.17) is 9.47 Å². The number of carbonyl (C=O) groups excluding carboxylic acids is 1. The van der Waals surface area contributed by atoms with Gasteiger partial charge in [0.15, 0.2) is 5.76 Å². The standard InChI is InChI=1S/C14H19NO3/c1-4-10-15-14(16)13(18-3)12(17-2)11-8-6-5-7-9-11/h5-9H,4,10H2,1-3H3,(H,15,16). The van der Waals surface area contributed by atoms with Crippen molar-refractivity contribution < 1.29 is 14.3 Å². The second kappa shape index (κ2) is 7.37. The molecule has 1 rings (SSSR count). The van der Waals surface area contributed by atoms with Gasteiger partial charge >= 0.3 is 0 Å². The zero-order valence-corrected chi connectivity index (χ0v) is 11.0. The Morgan fingerprint density at radius 1 is 1.17 bits per heavy atom. The Hall–Kier alpha value is -1.97. The summed E-state index contributed by atoms with van der Waals surface area (Å²) in [6, 6.07) is 9.40. The van der Waals surface area contributed by atoms with Gasteiger partial charge in [-0.1, -0.05) is 37.3 Å². The Morgan fingerprint density at radius 3 is 2.33 bits per heavy atom. The van der Waals surface area contributed by atoms with Crippen LogP contribution in [-0.4, -0.2) is 26.7 Å². The van der Waals surface area contributed by atoms with Crippen molar-refractivity contribution >= 4 is 11.7 Å². The van der Waals surface area contributed by atoms with Gasteiger partial charge in [-0.15, -0.1) is 0 Å². The van der Waals surface area contributed by atoms with Gasteiger partial charge in [0, 0.05) is 12.1 Å². The molecule has 18 heavy (non-hydrogen) atoms. The Labute approximate surface area is 108 Å². The van der Waals surface area contributed by atoms with Crippen LogP contribution in [0.2, 0.25) is 0 Å². The summed E-state index contributed by atoms with van der Waals surface area (Å²) in [6.07, 6.45) is 0.871. The number of hydrogen-bond donors (Lipinski definition) is 1. The van der Waals surface area contributed by atoms with Crippen molar-refractivity contribution in [1.29, 1.82) is 0 Å². The first-order valence-electron chi connectivity index (χ1n) is 5.90. The summed E-state index contributed by atoms with van der Waals surface area (Å²) in [7, 11) is 2.98. The molecular formula is C14H19NO3. The lowest BCUT2D eigenvalue weighted by molar-refractivity contribution is -0.120. The van der Waals surface area contributed by atoms with E-state index in [2.05, 4.69) is 5.32 Å². The largest absolute Gasteiger partial charge is 0.492 e. The number of rotatable bonds is 6. The molecule has 4 nitrogen and oxygen atoms in total. The average molecular weight is 249 g/mol. The van der Waals surface area contributed by atoms with Crippen LogP contribution in [0.4, 0.5) is 0 Å². The zero-order valence-electron chi connectivity index (χ0n) is 11.0. The van der Waals surface area contributed by atoms with Crippen molar-refractivity contribution in [2.45, 2.75) is 13.3 Å². The molecule has 0 saturated heterocycles. The first kappa shape index (κ1) is 14.1. The molecule has 1 aromatic carbocycles.